The van der Waals surface area contributed by atoms with Crippen molar-refractivity contribution in [2.75, 3.05) is 5.75 Å². The smallest absolute Gasteiger partial charge is 0.337 e. The fourth-order valence-corrected chi connectivity index (χ4v) is 3.70. The maximum atomic E-state index is 11.5. The minimum absolute atomic E-state index is 0.374. The van der Waals surface area contributed by atoms with Gasteiger partial charge in [0.2, 0.25) is 0 Å². The molecule has 0 spiro atoms. The summed E-state index contributed by atoms with van der Waals surface area (Å²) >= 11 is 8.84. The average molecular weight is 325 g/mol. The van der Waals surface area contributed by atoms with E-state index in [9.17, 15) is 9.90 Å². The second-order valence-electron chi connectivity index (χ2n) is 3.92. The van der Waals surface area contributed by atoms with Gasteiger partial charge in [0.25, 0.3) is 0 Å². The minimum Gasteiger partial charge on any atom is -0.478 e. The van der Waals surface area contributed by atoms with E-state index in [1.165, 1.54) is 11.8 Å². The molecule has 2 nitrogen and oxygen atoms in total. The van der Waals surface area contributed by atoms with Gasteiger partial charge in [-0.3, -0.25) is 0 Å². The molecule has 0 aliphatic carbocycles. The lowest BCUT2D eigenvalue weighted by Crippen LogP contribution is -2.01. The highest BCUT2D eigenvalue weighted by atomic mass is 35.5. The van der Waals surface area contributed by atoms with E-state index in [-0.39, 0.29) is 0 Å². The van der Waals surface area contributed by atoms with E-state index >= 15 is 0 Å². The second kappa shape index (κ2) is 7.07. The molecule has 0 radical (unpaired) electrons. The molecule has 2 aromatic rings. The summed E-state index contributed by atoms with van der Waals surface area (Å²) in [6.45, 7) is 2.01. The van der Waals surface area contributed by atoms with Gasteiger partial charge in [-0.15, -0.1) is 11.8 Å². The SMILES string of the molecule is CCSc1cccc(Sc2ccc(Cl)cc2)c1C(=O)O. The molecule has 0 fully saturated rings. The Hall–Kier alpha value is -1.10. The summed E-state index contributed by atoms with van der Waals surface area (Å²) in [5.74, 6) is -0.0481. The largest absolute Gasteiger partial charge is 0.478 e. The van der Waals surface area contributed by atoms with Crippen LogP contribution in [0.1, 0.15) is 17.3 Å². The van der Waals surface area contributed by atoms with Crippen LogP contribution in [0.15, 0.2) is 57.2 Å². The highest BCUT2D eigenvalue weighted by Crippen LogP contribution is 2.35. The Morgan fingerprint density at radius 3 is 2.40 bits per heavy atom. The van der Waals surface area contributed by atoms with Crippen molar-refractivity contribution >= 4 is 41.1 Å². The number of aromatic carboxylic acids is 1. The van der Waals surface area contributed by atoms with Crippen LogP contribution >= 0.6 is 35.1 Å². The van der Waals surface area contributed by atoms with Crippen molar-refractivity contribution in [3.05, 3.63) is 53.1 Å². The van der Waals surface area contributed by atoms with Crippen LogP contribution in [0.25, 0.3) is 0 Å². The molecular weight excluding hydrogens is 312 g/mol. The lowest BCUT2D eigenvalue weighted by atomic mass is 10.2. The Morgan fingerprint density at radius 2 is 1.80 bits per heavy atom. The van der Waals surface area contributed by atoms with E-state index in [0.29, 0.717) is 10.6 Å². The second-order valence-corrected chi connectivity index (χ2v) is 6.78. The highest BCUT2D eigenvalue weighted by molar-refractivity contribution is 8.00. The molecule has 0 bridgehead atoms. The zero-order valence-corrected chi connectivity index (χ0v) is 13.2. The predicted octanol–water partition coefficient (Wildman–Crippen LogP) is 5.30. The molecule has 0 saturated carbocycles. The monoisotopic (exact) mass is 324 g/mol. The standard InChI is InChI=1S/C15H13ClO2S2/c1-2-19-12-4-3-5-13(14(12)15(17)18)20-11-8-6-10(16)7-9-11/h3-9H,2H2,1H3,(H,17,18). The van der Waals surface area contributed by atoms with Crippen molar-refractivity contribution in [2.24, 2.45) is 0 Å². The number of hydrogen-bond acceptors (Lipinski definition) is 3. The quantitative estimate of drug-likeness (QED) is 0.757. The maximum Gasteiger partial charge on any atom is 0.337 e. The zero-order valence-electron chi connectivity index (χ0n) is 10.8. The van der Waals surface area contributed by atoms with Gasteiger partial charge in [-0.1, -0.05) is 36.4 Å². The fourth-order valence-electron chi connectivity index (χ4n) is 1.71. The summed E-state index contributed by atoms with van der Waals surface area (Å²) in [6, 6.07) is 13.0. The molecule has 2 rings (SSSR count). The fraction of sp³-hybridized carbons (Fsp3) is 0.133. The zero-order chi connectivity index (χ0) is 14.5. The van der Waals surface area contributed by atoms with Crippen LogP contribution in [0.5, 0.6) is 0 Å². The van der Waals surface area contributed by atoms with Gasteiger partial charge < -0.3 is 5.11 Å². The van der Waals surface area contributed by atoms with E-state index < -0.39 is 5.97 Å². The molecule has 20 heavy (non-hydrogen) atoms. The molecule has 0 unspecified atom stereocenters. The number of benzene rings is 2. The highest BCUT2D eigenvalue weighted by Gasteiger charge is 2.16. The van der Waals surface area contributed by atoms with Crippen LogP contribution in [-0.4, -0.2) is 16.8 Å². The van der Waals surface area contributed by atoms with Crippen molar-refractivity contribution in [3.63, 3.8) is 0 Å². The first-order valence-electron chi connectivity index (χ1n) is 6.04. The average Bonchev–Trinajstić information content (AvgIpc) is 2.41. The number of thioether (sulfide) groups is 1. The first-order chi connectivity index (χ1) is 9.61. The van der Waals surface area contributed by atoms with Gasteiger partial charge in [-0.05, 0) is 42.2 Å². The van der Waals surface area contributed by atoms with Gasteiger partial charge in [-0.2, -0.15) is 0 Å². The predicted molar refractivity (Wildman–Crippen MR) is 85.4 cm³/mol. The molecule has 5 heteroatoms. The molecule has 2 aromatic carbocycles. The number of hydrogen-bond donors (Lipinski definition) is 1. The summed E-state index contributed by atoms with van der Waals surface area (Å²) in [5, 5.41) is 10.1. The van der Waals surface area contributed by atoms with E-state index in [1.807, 2.05) is 37.3 Å². The molecule has 0 aliphatic heterocycles. The summed E-state index contributed by atoms with van der Waals surface area (Å²) < 4.78 is 0. The third-order valence-electron chi connectivity index (χ3n) is 2.54. The number of rotatable bonds is 5. The number of carbonyl (C=O) groups is 1. The Bertz CT molecular complexity index is 612. The van der Waals surface area contributed by atoms with E-state index in [2.05, 4.69) is 0 Å². The van der Waals surface area contributed by atoms with Gasteiger partial charge in [0.15, 0.2) is 0 Å². The third kappa shape index (κ3) is 3.72. The van der Waals surface area contributed by atoms with Crippen molar-refractivity contribution in [1.29, 1.82) is 0 Å². The van der Waals surface area contributed by atoms with Gasteiger partial charge in [-0.25, -0.2) is 4.79 Å². The Balaban J connectivity index is 2.37. The molecule has 1 N–H and O–H groups in total. The first-order valence-corrected chi connectivity index (χ1v) is 8.22. The van der Waals surface area contributed by atoms with Crippen molar-refractivity contribution in [1.82, 2.24) is 0 Å². The lowest BCUT2D eigenvalue weighted by Gasteiger charge is -2.10. The van der Waals surface area contributed by atoms with Gasteiger partial charge in [0.05, 0.1) is 5.56 Å². The summed E-state index contributed by atoms with van der Waals surface area (Å²) in [6.07, 6.45) is 0. The first kappa shape index (κ1) is 15.3. The number of carboxylic acids is 1. The molecule has 0 saturated heterocycles. The van der Waals surface area contributed by atoms with Crippen molar-refractivity contribution < 1.29 is 9.90 Å². The molecule has 104 valence electrons. The Morgan fingerprint density at radius 1 is 1.15 bits per heavy atom. The normalized spacial score (nSPS) is 10.5. The lowest BCUT2D eigenvalue weighted by molar-refractivity contribution is 0.0689. The van der Waals surface area contributed by atoms with E-state index in [0.717, 1.165) is 20.4 Å². The van der Waals surface area contributed by atoms with Crippen molar-refractivity contribution in [3.8, 4) is 0 Å². The van der Waals surface area contributed by atoms with Crippen LogP contribution in [0, 0.1) is 0 Å². The van der Waals surface area contributed by atoms with Crippen LogP contribution < -0.4 is 0 Å². The maximum absolute atomic E-state index is 11.5. The van der Waals surface area contributed by atoms with E-state index in [1.54, 1.807) is 23.9 Å². The Labute approximate surface area is 131 Å². The molecule has 0 amide bonds. The summed E-state index contributed by atoms with van der Waals surface area (Å²) in [5.41, 5.74) is 0.374. The van der Waals surface area contributed by atoms with Gasteiger partial charge in [0, 0.05) is 19.7 Å². The van der Waals surface area contributed by atoms with Gasteiger partial charge >= 0.3 is 5.97 Å². The summed E-state index contributed by atoms with van der Waals surface area (Å²) in [7, 11) is 0. The minimum atomic E-state index is -0.891. The molecule has 0 aromatic heterocycles. The topological polar surface area (TPSA) is 37.3 Å². The van der Waals surface area contributed by atoms with Crippen LogP contribution in [0.3, 0.4) is 0 Å². The number of halogens is 1. The van der Waals surface area contributed by atoms with Crippen LogP contribution in [-0.2, 0) is 0 Å². The van der Waals surface area contributed by atoms with Gasteiger partial charge in [0.1, 0.15) is 0 Å². The molecule has 0 aliphatic rings. The van der Waals surface area contributed by atoms with Crippen LogP contribution in [0.4, 0.5) is 0 Å². The van der Waals surface area contributed by atoms with Crippen molar-refractivity contribution in [2.45, 2.75) is 21.6 Å². The summed E-state index contributed by atoms with van der Waals surface area (Å²) in [4.78, 5) is 14.0. The van der Waals surface area contributed by atoms with E-state index in [4.69, 9.17) is 11.6 Å². The van der Waals surface area contributed by atoms with Crippen LogP contribution in [0.2, 0.25) is 5.02 Å². The molecule has 0 heterocycles. The molecular formula is C15H13ClO2S2. The number of carboxylic acid groups (broad SMARTS) is 1. The third-order valence-corrected chi connectivity index (χ3v) is 4.80. The molecule has 0 atom stereocenters. The Kier molecular flexibility index (Phi) is 5.40.